The number of hydrogen-bond acceptors (Lipinski definition) is 6. The van der Waals surface area contributed by atoms with Crippen LogP contribution in [0.4, 0.5) is 5.69 Å². The van der Waals surface area contributed by atoms with E-state index in [0.29, 0.717) is 24.5 Å². The molecule has 0 saturated carbocycles. The van der Waals surface area contributed by atoms with Gasteiger partial charge in [-0.1, -0.05) is 12.1 Å². The molecule has 2 aromatic rings. The number of piperazine rings is 1. The van der Waals surface area contributed by atoms with Crippen LogP contribution in [-0.2, 0) is 14.8 Å². The van der Waals surface area contributed by atoms with E-state index in [2.05, 4.69) is 14.6 Å². The summed E-state index contributed by atoms with van der Waals surface area (Å²) in [6.07, 6.45) is 0.246. The number of nitrogens with one attached hydrogen (secondary N) is 1. The maximum absolute atomic E-state index is 12.6. The summed E-state index contributed by atoms with van der Waals surface area (Å²) in [6, 6.07) is 14.6. The molecule has 2 heterocycles. The summed E-state index contributed by atoms with van der Waals surface area (Å²) in [5.74, 6) is 1.16. The molecule has 1 amide bonds. The number of sulfonamides is 1. The van der Waals surface area contributed by atoms with Gasteiger partial charge < -0.3 is 14.5 Å². The number of carbonyl (C=O) groups excluding carboxylic acids is 1. The van der Waals surface area contributed by atoms with E-state index in [1.807, 2.05) is 29.2 Å². The largest absolute Gasteiger partial charge is 0.497 e. The van der Waals surface area contributed by atoms with Crippen LogP contribution < -0.4 is 14.4 Å². The zero-order valence-electron chi connectivity index (χ0n) is 16.7. The van der Waals surface area contributed by atoms with Gasteiger partial charge in [-0.2, -0.15) is 0 Å². The highest BCUT2D eigenvalue weighted by Crippen LogP contribution is 2.23. The molecule has 8 nitrogen and oxygen atoms in total. The van der Waals surface area contributed by atoms with Crippen molar-refractivity contribution < 1.29 is 17.9 Å². The van der Waals surface area contributed by atoms with Crippen molar-refractivity contribution in [3.05, 3.63) is 54.1 Å². The van der Waals surface area contributed by atoms with Gasteiger partial charge in [0.25, 0.3) is 10.0 Å². The van der Waals surface area contributed by atoms with Crippen molar-refractivity contribution >= 4 is 27.5 Å². The molecule has 0 unspecified atom stereocenters. The lowest BCUT2D eigenvalue weighted by atomic mass is 10.2. The number of ether oxygens (including phenoxy) is 1. The standard InChI is InChI=1S/C21H24N4O4S/c1-29-17-8-6-16(7-9-17)24-12-14-25(15-13-24)20(26)10-11-22-21-18-4-2-3-5-19(18)30(27,28)23-21/h2-9H,10-15H2,1H3,(H,22,23). The third-order valence-electron chi connectivity index (χ3n) is 5.33. The fourth-order valence-corrected chi connectivity index (χ4v) is 4.93. The summed E-state index contributed by atoms with van der Waals surface area (Å²) in [4.78, 5) is 21.2. The normalized spacial score (nSPS) is 18.8. The van der Waals surface area contributed by atoms with E-state index in [4.69, 9.17) is 4.74 Å². The average Bonchev–Trinajstić information content (AvgIpc) is 3.04. The number of carbonyl (C=O) groups is 1. The molecule has 0 spiro atoms. The van der Waals surface area contributed by atoms with Gasteiger partial charge >= 0.3 is 0 Å². The third-order valence-corrected chi connectivity index (χ3v) is 6.73. The smallest absolute Gasteiger partial charge is 0.263 e. The van der Waals surface area contributed by atoms with Crippen LogP contribution >= 0.6 is 0 Å². The summed E-state index contributed by atoms with van der Waals surface area (Å²) in [5, 5.41) is 0. The molecule has 0 radical (unpaired) electrons. The molecule has 2 aliphatic heterocycles. The minimum Gasteiger partial charge on any atom is -0.497 e. The predicted octanol–water partition coefficient (Wildman–Crippen LogP) is 1.47. The molecular weight excluding hydrogens is 404 g/mol. The molecule has 2 aliphatic rings. The van der Waals surface area contributed by atoms with E-state index in [1.165, 1.54) is 0 Å². The first kappa shape index (κ1) is 20.2. The zero-order chi connectivity index (χ0) is 21.1. The van der Waals surface area contributed by atoms with E-state index in [0.717, 1.165) is 24.5 Å². The van der Waals surface area contributed by atoms with Gasteiger partial charge in [0.1, 0.15) is 11.6 Å². The number of amides is 1. The highest BCUT2D eigenvalue weighted by molar-refractivity contribution is 7.90. The lowest BCUT2D eigenvalue weighted by molar-refractivity contribution is -0.131. The Morgan fingerprint density at radius 1 is 1.07 bits per heavy atom. The fourth-order valence-electron chi connectivity index (χ4n) is 3.68. The molecule has 1 N–H and O–H groups in total. The van der Waals surface area contributed by atoms with Gasteiger partial charge in [0.15, 0.2) is 0 Å². The summed E-state index contributed by atoms with van der Waals surface area (Å²) in [7, 11) is -1.91. The lowest BCUT2D eigenvalue weighted by Gasteiger charge is -2.36. The van der Waals surface area contributed by atoms with Crippen molar-refractivity contribution in [2.45, 2.75) is 11.3 Å². The predicted molar refractivity (Wildman–Crippen MR) is 115 cm³/mol. The summed E-state index contributed by atoms with van der Waals surface area (Å²) >= 11 is 0. The number of methoxy groups -OCH3 is 1. The molecule has 1 saturated heterocycles. The van der Waals surface area contributed by atoms with Crippen LogP contribution in [0.1, 0.15) is 12.0 Å². The first-order valence-electron chi connectivity index (χ1n) is 9.81. The second-order valence-electron chi connectivity index (χ2n) is 7.15. The minimum atomic E-state index is -3.55. The Kier molecular flexibility index (Phi) is 5.63. The number of aliphatic imine (C=N–C) groups is 1. The monoisotopic (exact) mass is 428 g/mol. The number of rotatable bonds is 5. The zero-order valence-corrected chi connectivity index (χ0v) is 17.6. The van der Waals surface area contributed by atoms with Crippen LogP contribution in [0.3, 0.4) is 0 Å². The molecule has 0 aromatic heterocycles. The average molecular weight is 429 g/mol. The topological polar surface area (TPSA) is 91.3 Å². The van der Waals surface area contributed by atoms with Crippen LogP contribution in [0.5, 0.6) is 5.75 Å². The molecule has 4 rings (SSSR count). The van der Waals surface area contributed by atoms with Gasteiger partial charge in [-0.25, -0.2) is 8.42 Å². The Morgan fingerprint density at radius 3 is 2.47 bits per heavy atom. The van der Waals surface area contributed by atoms with E-state index in [-0.39, 0.29) is 23.8 Å². The molecule has 0 aliphatic carbocycles. The van der Waals surface area contributed by atoms with Gasteiger partial charge in [0, 0.05) is 43.9 Å². The van der Waals surface area contributed by atoms with Gasteiger partial charge in [-0.3, -0.25) is 14.5 Å². The Balaban J connectivity index is 1.30. The number of amidine groups is 1. The number of hydrogen-bond donors (Lipinski definition) is 1. The van der Waals surface area contributed by atoms with Crippen molar-refractivity contribution in [2.24, 2.45) is 4.99 Å². The Labute approximate surface area is 176 Å². The molecule has 0 atom stereocenters. The second kappa shape index (κ2) is 8.35. The lowest BCUT2D eigenvalue weighted by Crippen LogP contribution is -2.48. The maximum atomic E-state index is 12.6. The molecule has 30 heavy (non-hydrogen) atoms. The SMILES string of the molecule is COc1ccc(N2CCN(C(=O)CCN=C3NS(=O)(=O)c4ccccc43)CC2)cc1. The van der Waals surface area contributed by atoms with E-state index in [9.17, 15) is 13.2 Å². The van der Waals surface area contributed by atoms with Crippen molar-refractivity contribution in [1.82, 2.24) is 9.62 Å². The molecule has 158 valence electrons. The third kappa shape index (κ3) is 4.11. The number of fused-ring (bicyclic) bond motifs is 1. The number of anilines is 1. The molecule has 2 aromatic carbocycles. The van der Waals surface area contributed by atoms with Gasteiger partial charge in [0.05, 0.1) is 18.6 Å². The van der Waals surface area contributed by atoms with Gasteiger partial charge in [-0.05, 0) is 36.4 Å². The van der Waals surface area contributed by atoms with Crippen LogP contribution in [0.15, 0.2) is 58.4 Å². The Morgan fingerprint density at radius 2 is 1.77 bits per heavy atom. The number of nitrogens with zero attached hydrogens (tertiary/aromatic N) is 3. The van der Waals surface area contributed by atoms with Crippen molar-refractivity contribution in [1.29, 1.82) is 0 Å². The van der Waals surface area contributed by atoms with E-state index >= 15 is 0 Å². The molecule has 1 fully saturated rings. The summed E-state index contributed by atoms with van der Waals surface area (Å²) in [5.41, 5.74) is 1.67. The van der Waals surface area contributed by atoms with Crippen molar-refractivity contribution in [3.63, 3.8) is 0 Å². The fraction of sp³-hybridized carbons (Fsp3) is 0.333. The Hall–Kier alpha value is -3.07. The minimum absolute atomic E-state index is 0.0304. The van der Waals surface area contributed by atoms with E-state index < -0.39 is 10.0 Å². The first-order valence-corrected chi connectivity index (χ1v) is 11.3. The second-order valence-corrected chi connectivity index (χ2v) is 8.80. The number of benzene rings is 2. The van der Waals surface area contributed by atoms with Crippen LogP contribution in [0, 0.1) is 0 Å². The highest BCUT2D eigenvalue weighted by atomic mass is 32.2. The van der Waals surface area contributed by atoms with Crippen molar-refractivity contribution in [2.75, 3.05) is 44.7 Å². The van der Waals surface area contributed by atoms with Crippen LogP contribution in [0.25, 0.3) is 0 Å². The van der Waals surface area contributed by atoms with Gasteiger partial charge in [-0.15, -0.1) is 0 Å². The van der Waals surface area contributed by atoms with Gasteiger partial charge in [0.2, 0.25) is 5.91 Å². The molecule has 9 heteroatoms. The summed E-state index contributed by atoms with van der Waals surface area (Å²) in [6.45, 7) is 3.07. The van der Waals surface area contributed by atoms with Crippen LogP contribution in [0.2, 0.25) is 0 Å². The quantitative estimate of drug-likeness (QED) is 0.779. The summed E-state index contributed by atoms with van der Waals surface area (Å²) < 4.78 is 31.9. The van der Waals surface area contributed by atoms with Crippen molar-refractivity contribution in [3.8, 4) is 5.75 Å². The van der Waals surface area contributed by atoms with E-state index in [1.54, 1.807) is 31.4 Å². The highest BCUT2D eigenvalue weighted by Gasteiger charge is 2.30. The Bertz CT molecular complexity index is 1060. The maximum Gasteiger partial charge on any atom is 0.263 e. The van der Waals surface area contributed by atoms with Crippen LogP contribution in [-0.4, -0.2) is 64.9 Å². The molecular formula is C21H24N4O4S. The molecule has 0 bridgehead atoms. The first-order chi connectivity index (χ1) is 14.5.